The van der Waals surface area contributed by atoms with E-state index in [9.17, 15) is 4.79 Å². The fourth-order valence-corrected chi connectivity index (χ4v) is 3.25. The molecule has 0 atom stereocenters. The van der Waals surface area contributed by atoms with E-state index in [0.717, 1.165) is 10.7 Å². The number of carbonyl (C=O) groups is 1. The van der Waals surface area contributed by atoms with Crippen molar-refractivity contribution in [1.82, 2.24) is 0 Å². The van der Waals surface area contributed by atoms with Crippen molar-refractivity contribution in [3.05, 3.63) is 28.4 Å². The van der Waals surface area contributed by atoms with Crippen LogP contribution < -0.4 is 5.73 Å². The number of benzene rings is 1. The monoisotopic (exact) mass is 589 g/mol. The lowest BCUT2D eigenvalue weighted by atomic mass is 10.2. The zero-order valence-electron chi connectivity index (χ0n) is 10.2. The highest BCUT2D eigenvalue weighted by Crippen LogP contribution is 2.22. The number of methoxy groups -OCH3 is 2. The second-order valence-corrected chi connectivity index (χ2v) is 6.64. The van der Waals surface area contributed by atoms with Gasteiger partial charge in [-0.15, -0.1) is 0 Å². The van der Waals surface area contributed by atoms with Gasteiger partial charge in [0.1, 0.15) is 0 Å². The summed E-state index contributed by atoms with van der Waals surface area (Å²) in [7, 11) is 3.21. The minimum atomic E-state index is -0.365. The first-order valence-corrected chi connectivity index (χ1v) is 8.07. The van der Waals surface area contributed by atoms with E-state index in [4.69, 9.17) is 5.73 Å². The van der Waals surface area contributed by atoms with Gasteiger partial charge in [-0.25, -0.2) is 0 Å². The fourth-order valence-electron chi connectivity index (χ4n) is 0.832. The Hall–Kier alpha value is 0.800. The Morgan fingerprint density at radius 1 is 1.22 bits per heavy atom. The van der Waals surface area contributed by atoms with Gasteiger partial charge < -0.3 is 15.2 Å². The molecule has 0 saturated carbocycles. The highest BCUT2D eigenvalue weighted by molar-refractivity contribution is 14.1. The van der Waals surface area contributed by atoms with Crippen molar-refractivity contribution < 1.29 is 14.3 Å². The topological polar surface area (TPSA) is 61.6 Å². The zero-order valence-corrected chi connectivity index (χ0v) is 16.6. The molecule has 18 heavy (non-hydrogen) atoms. The van der Waals surface area contributed by atoms with E-state index in [-0.39, 0.29) is 12.2 Å². The summed E-state index contributed by atoms with van der Waals surface area (Å²) in [5.74, 6) is -0.365. The molecule has 1 rings (SSSR count). The molecule has 0 aliphatic rings. The molecule has 1 aromatic carbocycles. The average molecular weight is 589 g/mol. The van der Waals surface area contributed by atoms with Crippen LogP contribution in [0.1, 0.15) is 17.3 Å². The molecule has 0 radical (unpaired) electrons. The number of amides is 1. The number of ether oxygens (including phenoxy) is 2. The minimum Gasteiger partial charge on any atom is -0.366 e. The Labute approximate surface area is 148 Å². The van der Waals surface area contributed by atoms with Gasteiger partial charge in [0.25, 0.3) is 0 Å². The Morgan fingerprint density at radius 3 is 2.06 bits per heavy atom. The third-order valence-electron chi connectivity index (χ3n) is 1.92. The molecule has 0 unspecified atom stereocenters. The minimum absolute atomic E-state index is 0.0648. The highest BCUT2D eigenvalue weighted by atomic mass is 127. The van der Waals surface area contributed by atoms with Gasteiger partial charge in [0.05, 0.1) is 5.56 Å². The van der Waals surface area contributed by atoms with Crippen LogP contribution in [0.3, 0.4) is 0 Å². The number of hydrogen-bond acceptors (Lipinski definition) is 3. The standard InChI is InChI=1S/C7H4I3NO.C4H10O2/c8-3-1-4(7(11)12)6(10)5(9)2-3;1-4(5-2)6-3/h1-2H,(H2,11,12);4H,1-3H3. The Morgan fingerprint density at radius 2 is 1.72 bits per heavy atom. The molecule has 0 bridgehead atoms. The second-order valence-electron chi connectivity index (χ2n) is 3.15. The molecule has 0 aromatic heterocycles. The average Bonchev–Trinajstić information content (AvgIpc) is 2.33. The zero-order chi connectivity index (χ0) is 14.3. The highest BCUT2D eigenvalue weighted by Gasteiger charge is 2.09. The van der Waals surface area contributed by atoms with Gasteiger partial charge in [-0.3, -0.25) is 4.79 Å². The first-order valence-electron chi connectivity index (χ1n) is 4.83. The number of nitrogens with two attached hydrogens (primary N) is 1. The summed E-state index contributed by atoms with van der Waals surface area (Å²) in [5.41, 5.74) is 5.81. The Bertz CT molecular complexity index is 409. The van der Waals surface area contributed by atoms with Crippen LogP contribution in [0.5, 0.6) is 0 Å². The lowest BCUT2D eigenvalue weighted by Crippen LogP contribution is -2.13. The van der Waals surface area contributed by atoms with Crippen molar-refractivity contribution >= 4 is 73.7 Å². The number of halogens is 3. The van der Waals surface area contributed by atoms with E-state index in [2.05, 4.69) is 77.2 Å². The molecule has 7 heteroatoms. The van der Waals surface area contributed by atoms with Gasteiger partial charge in [0.15, 0.2) is 6.29 Å². The van der Waals surface area contributed by atoms with Gasteiger partial charge in [-0.05, 0) is 86.8 Å². The van der Waals surface area contributed by atoms with E-state index in [1.165, 1.54) is 0 Å². The summed E-state index contributed by atoms with van der Waals surface area (Å²) in [5, 5.41) is 0. The molecule has 0 heterocycles. The van der Waals surface area contributed by atoms with Gasteiger partial charge in [0.2, 0.25) is 5.91 Å². The summed E-state index contributed by atoms with van der Waals surface area (Å²) >= 11 is 6.48. The summed E-state index contributed by atoms with van der Waals surface area (Å²) in [4.78, 5) is 10.9. The van der Waals surface area contributed by atoms with Gasteiger partial charge in [0, 0.05) is 24.9 Å². The molecule has 4 nitrogen and oxygen atoms in total. The van der Waals surface area contributed by atoms with Gasteiger partial charge in [-0.1, -0.05) is 0 Å². The number of carbonyl (C=O) groups excluding carboxylic acids is 1. The van der Waals surface area contributed by atoms with Gasteiger partial charge >= 0.3 is 0 Å². The SMILES string of the molecule is COC(C)OC.NC(=O)c1cc(I)cc(I)c1I. The maximum atomic E-state index is 10.9. The molecule has 0 saturated heterocycles. The quantitative estimate of drug-likeness (QED) is 0.335. The molecule has 1 amide bonds. The molecule has 0 aliphatic heterocycles. The van der Waals surface area contributed by atoms with Crippen molar-refractivity contribution in [2.45, 2.75) is 13.2 Å². The van der Waals surface area contributed by atoms with Crippen LogP contribution in [0.15, 0.2) is 12.1 Å². The van der Waals surface area contributed by atoms with Crippen LogP contribution in [0, 0.1) is 10.7 Å². The summed E-state index contributed by atoms with van der Waals surface area (Å²) in [6, 6.07) is 3.81. The molecule has 0 spiro atoms. The summed E-state index contributed by atoms with van der Waals surface area (Å²) in [6.45, 7) is 1.83. The third kappa shape index (κ3) is 6.82. The maximum absolute atomic E-state index is 10.9. The first-order chi connectivity index (χ1) is 8.33. The lowest BCUT2D eigenvalue weighted by Gasteiger charge is -2.03. The van der Waals surface area contributed by atoms with Crippen LogP contribution in [-0.4, -0.2) is 26.4 Å². The molecule has 1 aromatic rings. The van der Waals surface area contributed by atoms with Crippen molar-refractivity contribution in [3.8, 4) is 0 Å². The van der Waals surface area contributed by atoms with E-state index in [1.807, 2.05) is 13.0 Å². The van der Waals surface area contributed by atoms with E-state index in [0.29, 0.717) is 5.56 Å². The van der Waals surface area contributed by atoms with Crippen LogP contribution in [-0.2, 0) is 9.47 Å². The van der Waals surface area contributed by atoms with Crippen molar-refractivity contribution in [2.24, 2.45) is 5.73 Å². The second kappa shape index (κ2) is 9.66. The summed E-state index contributed by atoms with van der Waals surface area (Å²) in [6.07, 6.45) is -0.0648. The molecule has 2 N–H and O–H groups in total. The van der Waals surface area contributed by atoms with Crippen LogP contribution in [0.25, 0.3) is 0 Å². The van der Waals surface area contributed by atoms with Crippen molar-refractivity contribution in [3.63, 3.8) is 0 Å². The summed E-state index contributed by atoms with van der Waals surface area (Å²) < 4.78 is 12.4. The maximum Gasteiger partial charge on any atom is 0.249 e. The molecule has 0 aliphatic carbocycles. The van der Waals surface area contributed by atoms with E-state index >= 15 is 0 Å². The number of primary amides is 1. The molecule has 0 fully saturated rings. The van der Waals surface area contributed by atoms with Crippen molar-refractivity contribution in [1.29, 1.82) is 0 Å². The number of rotatable bonds is 3. The van der Waals surface area contributed by atoms with Gasteiger partial charge in [-0.2, -0.15) is 0 Å². The smallest absolute Gasteiger partial charge is 0.249 e. The molecular weight excluding hydrogens is 575 g/mol. The largest absolute Gasteiger partial charge is 0.366 e. The Kier molecular flexibility index (Phi) is 10.1. The van der Waals surface area contributed by atoms with Crippen LogP contribution in [0.4, 0.5) is 0 Å². The van der Waals surface area contributed by atoms with E-state index in [1.54, 1.807) is 20.3 Å². The van der Waals surface area contributed by atoms with Crippen molar-refractivity contribution in [2.75, 3.05) is 14.2 Å². The third-order valence-corrected chi connectivity index (χ3v) is 5.59. The fraction of sp³-hybridized carbons (Fsp3) is 0.364. The van der Waals surface area contributed by atoms with Crippen LogP contribution in [0.2, 0.25) is 0 Å². The number of hydrogen-bond donors (Lipinski definition) is 1. The molecular formula is C11H14I3NO3. The Balaban J connectivity index is 0.000000411. The first kappa shape index (κ1) is 18.8. The predicted molar refractivity (Wildman–Crippen MR) is 96.6 cm³/mol. The van der Waals surface area contributed by atoms with Crippen LogP contribution >= 0.6 is 67.8 Å². The predicted octanol–water partition coefficient (Wildman–Crippen LogP) is 3.22. The lowest BCUT2D eigenvalue weighted by molar-refractivity contribution is -0.0877. The normalized spacial score (nSPS) is 9.94. The van der Waals surface area contributed by atoms with E-state index < -0.39 is 0 Å². The molecule has 102 valence electrons.